The molecule has 6 heteroatoms. The number of aromatic carboxylic acids is 1. The molecule has 88 valence electrons. The highest BCUT2D eigenvalue weighted by Crippen LogP contribution is 2.29. The molecule has 6 nitrogen and oxygen atoms in total. The number of aromatic hydroxyl groups is 1. The van der Waals surface area contributed by atoms with Gasteiger partial charge in [0.25, 0.3) is 5.56 Å². The SMILES string of the molecule is COc1cc2cc(C(=O)O)c(=O)[nH]c2cc1O. The van der Waals surface area contributed by atoms with Gasteiger partial charge < -0.3 is 19.9 Å². The van der Waals surface area contributed by atoms with Gasteiger partial charge >= 0.3 is 5.97 Å². The van der Waals surface area contributed by atoms with Crippen molar-refractivity contribution < 1.29 is 19.7 Å². The molecule has 0 unspecified atom stereocenters. The Labute approximate surface area is 95.1 Å². The summed E-state index contributed by atoms with van der Waals surface area (Å²) in [6.45, 7) is 0. The van der Waals surface area contributed by atoms with Gasteiger partial charge in [-0.15, -0.1) is 0 Å². The molecule has 17 heavy (non-hydrogen) atoms. The Bertz CT molecular complexity index is 659. The summed E-state index contributed by atoms with van der Waals surface area (Å²) in [5.74, 6) is -1.22. The predicted molar refractivity (Wildman–Crippen MR) is 59.7 cm³/mol. The zero-order valence-corrected chi connectivity index (χ0v) is 8.85. The van der Waals surface area contributed by atoms with E-state index in [4.69, 9.17) is 9.84 Å². The summed E-state index contributed by atoms with van der Waals surface area (Å²) < 4.78 is 4.89. The molecule has 1 heterocycles. The fourth-order valence-corrected chi connectivity index (χ4v) is 1.54. The molecule has 0 saturated heterocycles. The number of nitrogens with one attached hydrogen (secondary N) is 1. The molecule has 3 N–H and O–H groups in total. The Morgan fingerprint density at radius 1 is 1.35 bits per heavy atom. The van der Waals surface area contributed by atoms with Crippen molar-refractivity contribution in [2.75, 3.05) is 7.11 Å². The Balaban J connectivity index is 2.80. The second kappa shape index (κ2) is 3.82. The van der Waals surface area contributed by atoms with Crippen molar-refractivity contribution in [3.63, 3.8) is 0 Å². The van der Waals surface area contributed by atoms with Crippen LogP contribution in [0.15, 0.2) is 23.0 Å². The van der Waals surface area contributed by atoms with Gasteiger partial charge in [-0.2, -0.15) is 0 Å². The van der Waals surface area contributed by atoms with Gasteiger partial charge in [-0.3, -0.25) is 4.79 Å². The monoisotopic (exact) mass is 235 g/mol. The first-order valence-electron chi connectivity index (χ1n) is 4.70. The quantitative estimate of drug-likeness (QED) is 0.719. The summed E-state index contributed by atoms with van der Waals surface area (Å²) >= 11 is 0. The molecule has 2 aromatic rings. The van der Waals surface area contributed by atoms with Crippen LogP contribution in [0, 0.1) is 0 Å². The number of carboxylic acids is 1. The lowest BCUT2D eigenvalue weighted by molar-refractivity contribution is 0.0695. The van der Waals surface area contributed by atoms with Crippen LogP contribution in [0.5, 0.6) is 11.5 Å². The van der Waals surface area contributed by atoms with E-state index in [1.54, 1.807) is 0 Å². The van der Waals surface area contributed by atoms with Gasteiger partial charge in [-0.1, -0.05) is 0 Å². The Kier molecular flexibility index (Phi) is 2.47. The molecule has 0 bridgehead atoms. The van der Waals surface area contributed by atoms with Crippen LogP contribution < -0.4 is 10.3 Å². The number of pyridine rings is 1. The van der Waals surface area contributed by atoms with Crippen LogP contribution in [0.2, 0.25) is 0 Å². The lowest BCUT2D eigenvalue weighted by Gasteiger charge is -2.05. The zero-order chi connectivity index (χ0) is 12.6. The number of carbonyl (C=O) groups is 1. The summed E-state index contributed by atoms with van der Waals surface area (Å²) in [4.78, 5) is 24.6. The van der Waals surface area contributed by atoms with Crippen molar-refractivity contribution in [2.45, 2.75) is 0 Å². The van der Waals surface area contributed by atoms with Crippen molar-refractivity contribution in [3.8, 4) is 11.5 Å². The summed E-state index contributed by atoms with van der Waals surface area (Å²) in [5.41, 5.74) is -0.724. The van der Waals surface area contributed by atoms with E-state index >= 15 is 0 Å². The summed E-state index contributed by atoms with van der Waals surface area (Å²) in [5, 5.41) is 18.8. The van der Waals surface area contributed by atoms with Gasteiger partial charge in [0.1, 0.15) is 5.56 Å². The molecular weight excluding hydrogens is 226 g/mol. The highest BCUT2D eigenvalue weighted by Gasteiger charge is 2.12. The van der Waals surface area contributed by atoms with E-state index in [1.165, 1.54) is 25.3 Å². The fourth-order valence-electron chi connectivity index (χ4n) is 1.54. The molecule has 0 amide bonds. The van der Waals surface area contributed by atoms with Gasteiger partial charge in [0.05, 0.1) is 12.6 Å². The first kappa shape index (κ1) is 11.0. The van der Waals surface area contributed by atoms with E-state index in [9.17, 15) is 14.7 Å². The molecule has 0 aliphatic rings. The average Bonchev–Trinajstić information content (AvgIpc) is 2.27. The number of aromatic nitrogens is 1. The number of phenols is 1. The second-order valence-electron chi connectivity index (χ2n) is 3.43. The van der Waals surface area contributed by atoms with E-state index in [0.29, 0.717) is 10.9 Å². The number of rotatable bonds is 2. The third-order valence-corrected chi connectivity index (χ3v) is 2.37. The van der Waals surface area contributed by atoms with Crippen LogP contribution in [0.4, 0.5) is 0 Å². The number of carboxylic acid groups (broad SMARTS) is 1. The number of fused-ring (bicyclic) bond motifs is 1. The molecule has 0 atom stereocenters. The van der Waals surface area contributed by atoms with Crippen molar-refractivity contribution in [2.24, 2.45) is 0 Å². The molecule has 0 aliphatic carbocycles. The van der Waals surface area contributed by atoms with Crippen LogP contribution in [0.25, 0.3) is 10.9 Å². The minimum Gasteiger partial charge on any atom is -0.504 e. The van der Waals surface area contributed by atoms with Crippen molar-refractivity contribution in [3.05, 3.63) is 34.1 Å². The number of aromatic amines is 1. The number of methoxy groups -OCH3 is 1. The lowest BCUT2D eigenvalue weighted by Crippen LogP contribution is -2.16. The third kappa shape index (κ3) is 1.80. The average molecular weight is 235 g/mol. The fraction of sp³-hybridized carbons (Fsp3) is 0.0909. The molecule has 0 aliphatic heterocycles. The maximum atomic E-state index is 11.4. The molecule has 0 saturated carbocycles. The minimum absolute atomic E-state index is 0.126. The van der Waals surface area contributed by atoms with Crippen LogP contribution >= 0.6 is 0 Å². The van der Waals surface area contributed by atoms with E-state index < -0.39 is 11.5 Å². The minimum atomic E-state index is -1.31. The number of hydrogen-bond donors (Lipinski definition) is 3. The van der Waals surface area contributed by atoms with Crippen molar-refractivity contribution >= 4 is 16.9 Å². The number of ether oxygens (including phenoxy) is 1. The molecule has 0 spiro atoms. The van der Waals surface area contributed by atoms with Gasteiger partial charge in [0.15, 0.2) is 11.5 Å². The maximum Gasteiger partial charge on any atom is 0.341 e. The lowest BCUT2D eigenvalue weighted by atomic mass is 10.1. The molecule has 1 aromatic heterocycles. The highest BCUT2D eigenvalue weighted by molar-refractivity contribution is 5.93. The first-order chi connectivity index (χ1) is 8.02. The predicted octanol–water partition coefficient (Wildman–Crippen LogP) is 0.940. The Morgan fingerprint density at radius 2 is 2.06 bits per heavy atom. The van der Waals surface area contributed by atoms with Gasteiger partial charge in [-0.05, 0) is 12.1 Å². The molecule has 0 radical (unpaired) electrons. The van der Waals surface area contributed by atoms with Gasteiger partial charge in [-0.25, -0.2) is 4.79 Å². The number of H-pyrrole nitrogens is 1. The molecular formula is C11H9NO5. The van der Waals surface area contributed by atoms with E-state index in [0.717, 1.165) is 0 Å². The van der Waals surface area contributed by atoms with Crippen LogP contribution in [0.1, 0.15) is 10.4 Å². The second-order valence-corrected chi connectivity index (χ2v) is 3.43. The molecule has 0 fully saturated rings. The molecule has 2 rings (SSSR count). The van der Waals surface area contributed by atoms with Crippen molar-refractivity contribution in [1.82, 2.24) is 4.98 Å². The smallest absolute Gasteiger partial charge is 0.341 e. The van der Waals surface area contributed by atoms with Crippen molar-refractivity contribution in [1.29, 1.82) is 0 Å². The molecule has 1 aromatic carbocycles. The number of phenolic OH excluding ortho intramolecular Hbond substituents is 1. The number of benzene rings is 1. The first-order valence-corrected chi connectivity index (χ1v) is 4.70. The standard InChI is InChI=1S/C11H9NO5/c1-17-9-3-5-2-6(11(15)16)10(14)12-7(5)4-8(9)13/h2-4,13H,1H3,(H,12,14)(H,15,16). The van der Waals surface area contributed by atoms with Crippen LogP contribution in [-0.4, -0.2) is 28.3 Å². The normalized spacial score (nSPS) is 10.4. The van der Waals surface area contributed by atoms with Crippen LogP contribution in [0.3, 0.4) is 0 Å². The summed E-state index contributed by atoms with van der Waals surface area (Å²) in [6.07, 6.45) is 0. The maximum absolute atomic E-state index is 11.4. The van der Waals surface area contributed by atoms with Gasteiger partial charge in [0, 0.05) is 11.5 Å². The summed E-state index contributed by atoms with van der Waals surface area (Å²) in [6, 6.07) is 3.99. The zero-order valence-electron chi connectivity index (χ0n) is 8.85. The largest absolute Gasteiger partial charge is 0.504 e. The Hall–Kier alpha value is -2.50. The number of hydrogen-bond acceptors (Lipinski definition) is 4. The topological polar surface area (TPSA) is 99.6 Å². The Morgan fingerprint density at radius 3 is 2.65 bits per heavy atom. The highest BCUT2D eigenvalue weighted by atomic mass is 16.5. The van der Waals surface area contributed by atoms with E-state index in [1.807, 2.05) is 0 Å². The van der Waals surface area contributed by atoms with Crippen LogP contribution in [-0.2, 0) is 0 Å². The summed E-state index contributed by atoms with van der Waals surface area (Å²) in [7, 11) is 1.38. The third-order valence-electron chi connectivity index (χ3n) is 2.37. The van der Waals surface area contributed by atoms with E-state index in [2.05, 4.69) is 4.98 Å². The van der Waals surface area contributed by atoms with E-state index in [-0.39, 0.29) is 17.1 Å². The van der Waals surface area contributed by atoms with Gasteiger partial charge in [0.2, 0.25) is 0 Å².